The fraction of sp³-hybridized carbons (Fsp3) is 0.333. The van der Waals surface area contributed by atoms with Gasteiger partial charge in [0, 0.05) is 24.3 Å². The lowest BCUT2D eigenvalue weighted by atomic mass is 10.1. The third kappa shape index (κ3) is 5.08. The highest BCUT2D eigenvalue weighted by molar-refractivity contribution is 7.90. The number of amides is 1. The van der Waals surface area contributed by atoms with Crippen molar-refractivity contribution in [2.45, 2.75) is 43.4 Å². The molecule has 1 N–H and O–H groups in total. The summed E-state index contributed by atoms with van der Waals surface area (Å²) in [6.45, 7) is 4.85. The maximum atomic E-state index is 12.8. The topological polar surface area (TPSA) is 98.5 Å². The molecule has 2 aromatic carbocycles. The number of hydrogen-bond acceptors (Lipinski definition) is 6. The van der Waals surface area contributed by atoms with Gasteiger partial charge in [0.25, 0.3) is 5.91 Å². The van der Waals surface area contributed by atoms with Crippen LogP contribution in [0.15, 0.2) is 57.8 Å². The van der Waals surface area contributed by atoms with E-state index in [2.05, 4.69) is 10.3 Å². The summed E-state index contributed by atoms with van der Waals surface area (Å²) in [6.07, 6.45) is 2.08. The van der Waals surface area contributed by atoms with Gasteiger partial charge in [-0.25, -0.2) is 13.4 Å². The van der Waals surface area contributed by atoms with E-state index in [1.54, 1.807) is 55.5 Å². The van der Waals surface area contributed by atoms with E-state index in [1.807, 2.05) is 6.92 Å². The van der Waals surface area contributed by atoms with Crippen molar-refractivity contribution in [2.24, 2.45) is 0 Å². The van der Waals surface area contributed by atoms with Gasteiger partial charge in [0.05, 0.1) is 16.7 Å². The molecule has 3 aromatic rings. The molecule has 0 bridgehead atoms. The lowest BCUT2D eigenvalue weighted by molar-refractivity contribution is 0.0858. The van der Waals surface area contributed by atoms with Crippen LogP contribution in [0.5, 0.6) is 0 Å². The number of aromatic nitrogens is 1. The molecule has 7 nitrogen and oxygen atoms in total. The Bertz CT molecular complexity index is 1190. The highest BCUT2D eigenvalue weighted by Crippen LogP contribution is 2.25. The van der Waals surface area contributed by atoms with Crippen LogP contribution in [-0.4, -0.2) is 38.6 Å². The van der Waals surface area contributed by atoms with Gasteiger partial charge >= 0.3 is 0 Å². The number of nitrogens with zero attached hydrogens (tertiary/aromatic N) is 1. The second-order valence-corrected chi connectivity index (χ2v) is 10.0. The highest BCUT2D eigenvalue weighted by atomic mass is 32.2. The summed E-state index contributed by atoms with van der Waals surface area (Å²) in [7, 11) is -3.54. The first-order valence-corrected chi connectivity index (χ1v) is 12.2. The van der Waals surface area contributed by atoms with Gasteiger partial charge in [-0.1, -0.05) is 17.7 Å². The molecule has 2 heterocycles. The standard InChI is InChI=1S/C24H26N2O5S/c1-16-5-11-21(12-6-16)32(28,29)15-22-17(2)31-24(26-22)19-9-7-18(8-10-19)23(27)25-14-20-4-3-13-30-20/h5-12,20H,3-4,13-15H2,1-2H3,(H,25,27)/t20-/m1/s1. The Labute approximate surface area is 187 Å². The van der Waals surface area contributed by atoms with Crippen LogP contribution in [0, 0.1) is 13.8 Å². The summed E-state index contributed by atoms with van der Waals surface area (Å²) < 4.78 is 36.7. The summed E-state index contributed by atoms with van der Waals surface area (Å²) in [5, 5.41) is 2.89. The van der Waals surface area contributed by atoms with Gasteiger partial charge in [-0.05, 0) is 63.1 Å². The second kappa shape index (κ2) is 9.26. The molecule has 1 aromatic heterocycles. The quantitative estimate of drug-likeness (QED) is 0.582. The van der Waals surface area contributed by atoms with E-state index in [4.69, 9.17) is 9.15 Å². The molecule has 0 saturated carbocycles. The summed E-state index contributed by atoms with van der Waals surface area (Å²) >= 11 is 0. The number of ether oxygens (including phenoxy) is 1. The summed E-state index contributed by atoms with van der Waals surface area (Å²) in [5.41, 5.74) is 2.56. The molecule has 168 valence electrons. The minimum atomic E-state index is -3.54. The number of sulfone groups is 1. The van der Waals surface area contributed by atoms with Gasteiger partial charge < -0.3 is 14.5 Å². The summed E-state index contributed by atoms with van der Waals surface area (Å²) in [6, 6.07) is 13.6. The lowest BCUT2D eigenvalue weighted by Crippen LogP contribution is -2.31. The normalized spacial score (nSPS) is 16.2. The Hall–Kier alpha value is -2.97. The number of benzene rings is 2. The number of carbonyl (C=O) groups is 1. The smallest absolute Gasteiger partial charge is 0.251 e. The van der Waals surface area contributed by atoms with Crippen molar-refractivity contribution in [2.75, 3.05) is 13.2 Å². The third-order valence-corrected chi connectivity index (χ3v) is 7.15. The molecular formula is C24H26N2O5S. The number of oxazole rings is 1. The first-order chi connectivity index (χ1) is 15.3. The van der Waals surface area contributed by atoms with Crippen molar-refractivity contribution in [3.63, 3.8) is 0 Å². The molecule has 1 atom stereocenters. The van der Waals surface area contributed by atoms with E-state index in [1.165, 1.54) is 0 Å². The maximum absolute atomic E-state index is 12.8. The zero-order chi connectivity index (χ0) is 22.7. The van der Waals surface area contributed by atoms with Gasteiger partial charge in [-0.2, -0.15) is 0 Å². The largest absolute Gasteiger partial charge is 0.441 e. The van der Waals surface area contributed by atoms with Crippen LogP contribution >= 0.6 is 0 Å². The lowest BCUT2D eigenvalue weighted by Gasteiger charge is -2.10. The van der Waals surface area contributed by atoms with E-state index in [9.17, 15) is 13.2 Å². The first kappa shape index (κ1) is 22.2. The molecule has 1 aliphatic heterocycles. The van der Waals surface area contributed by atoms with Crippen LogP contribution in [0.4, 0.5) is 0 Å². The number of nitrogens with one attached hydrogen (secondary N) is 1. The fourth-order valence-corrected chi connectivity index (χ4v) is 4.92. The third-order valence-electron chi connectivity index (χ3n) is 5.51. The Morgan fingerprint density at radius 3 is 2.47 bits per heavy atom. The fourth-order valence-electron chi connectivity index (χ4n) is 3.57. The molecule has 1 saturated heterocycles. The van der Waals surface area contributed by atoms with Crippen LogP contribution in [-0.2, 0) is 20.3 Å². The van der Waals surface area contributed by atoms with E-state index in [-0.39, 0.29) is 22.7 Å². The molecule has 0 unspecified atom stereocenters. The molecule has 0 radical (unpaired) electrons. The molecule has 0 spiro atoms. The summed E-state index contributed by atoms with van der Waals surface area (Å²) in [4.78, 5) is 17.0. The van der Waals surface area contributed by atoms with Crippen molar-refractivity contribution in [1.29, 1.82) is 0 Å². The van der Waals surface area contributed by atoms with Crippen molar-refractivity contribution < 1.29 is 22.4 Å². The number of aryl methyl sites for hydroxylation is 2. The Morgan fingerprint density at radius 1 is 1.09 bits per heavy atom. The van der Waals surface area contributed by atoms with Gasteiger partial charge in [0.1, 0.15) is 11.5 Å². The average molecular weight is 455 g/mol. The molecule has 8 heteroatoms. The Kier molecular flexibility index (Phi) is 6.43. The summed E-state index contributed by atoms with van der Waals surface area (Å²) in [5.74, 6) is 0.368. The van der Waals surface area contributed by atoms with Crippen LogP contribution in [0.3, 0.4) is 0 Å². The van der Waals surface area contributed by atoms with Crippen molar-refractivity contribution in [3.05, 3.63) is 71.1 Å². The molecule has 32 heavy (non-hydrogen) atoms. The average Bonchev–Trinajstić information content (AvgIpc) is 3.42. The Balaban J connectivity index is 1.45. The van der Waals surface area contributed by atoms with Crippen molar-refractivity contribution in [3.8, 4) is 11.5 Å². The minimum absolute atomic E-state index is 0.0862. The first-order valence-electron chi connectivity index (χ1n) is 10.6. The van der Waals surface area contributed by atoms with Crippen molar-refractivity contribution in [1.82, 2.24) is 10.3 Å². The zero-order valence-corrected chi connectivity index (χ0v) is 18.9. The van der Waals surface area contributed by atoms with Gasteiger partial charge in [-0.3, -0.25) is 4.79 Å². The zero-order valence-electron chi connectivity index (χ0n) is 18.1. The van der Waals surface area contributed by atoms with Crippen LogP contribution in [0.1, 0.15) is 40.2 Å². The number of rotatable bonds is 7. The predicted octanol–water partition coefficient (Wildman–Crippen LogP) is 3.84. The minimum Gasteiger partial charge on any atom is -0.441 e. The van der Waals surface area contributed by atoms with E-state index >= 15 is 0 Å². The van der Waals surface area contributed by atoms with E-state index < -0.39 is 9.84 Å². The molecular weight excluding hydrogens is 428 g/mol. The Morgan fingerprint density at radius 2 is 1.81 bits per heavy atom. The van der Waals surface area contributed by atoms with Gasteiger partial charge in [-0.15, -0.1) is 0 Å². The molecule has 4 rings (SSSR count). The second-order valence-electron chi connectivity index (χ2n) is 8.02. The van der Waals surface area contributed by atoms with Crippen LogP contribution < -0.4 is 5.32 Å². The van der Waals surface area contributed by atoms with E-state index in [0.717, 1.165) is 25.0 Å². The predicted molar refractivity (Wildman–Crippen MR) is 120 cm³/mol. The van der Waals surface area contributed by atoms with Gasteiger partial charge in [0.2, 0.25) is 5.89 Å². The molecule has 1 fully saturated rings. The van der Waals surface area contributed by atoms with Crippen LogP contribution in [0.25, 0.3) is 11.5 Å². The van der Waals surface area contributed by atoms with Crippen LogP contribution in [0.2, 0.25) is 0 Å². The van der Waals surface area contributed by atoms with Crippen molar-refractivity contribution >= 4 is 15.7 Å². The SMILES string of the molecule is Cc1ccc(S(=O)(=O)Cc2nc(-c3ccc(C(=O)NC[C@H]4CCCO4)cc3)oc2C)cc1. The monoisotopic (exact) mass is 454 g/mol. The maximum Gasteiger partial charge on any atom is 0.251 e. The van der Waals surface area contributed by atoms with E-state index in [0.29, 0.717) is 35.0 Å². The molecule has 1 aliphatic rings. The highest BCUT2D eigenvalue weighted by Gasteiger charge is 2.21. The number of hydrogen-bond donors (Lipinski definition) is 1. The number of carbonyl (C=O) groups excluding carboxylic acids is 1. The van der Waals surface area contributed by atoms with Gasteiger partial charge in [0.15, 0.2) is 9.84 Å². The molecule has 0 aliphatic carbocycles. The molecule has 1 amide bonds.